The Bertz CT molecular complexity index is 1670. The molecule has 4 aromatic rings. The molecule has 6 heteroatoms. The first-order chi connectivity index (χ1) is 22.3. The standard InChI is InChI=1S/C40H54N6/c1-28(25-40(2,3)4)42-32-15-11-12-22-45(27-32)39-35-26-41-21-20-31(35)24-36(43-39)38-34-23-30(29-13-7-5-8-14-29)18-19-37(34)46(44-38)33-16-9-6-10-17-33/h18-21,23-24,26,29,32-33,42H,1,5-17,22,25,27H2,2-4H3. The number of rotatable bonds is 7. The van der Waals surface area contributed by atoms with Gasteiger partial charge in [0.2, 0.25) is 0 Å². The van der Waals surface area contributed by atoms with E-state index in [2.05, 4.69) is 77.6 Å². The minimum absolute atomic E-state index is 0.215. The van der Waals surface area contributed by atoms with Crippen molar-refractivity contribution in [2.75, 3.05) is 18.0 Å². The number of aromatic nitrogens is 4. The summed E-state index contributed by atoms with van der Waals surface area (Å²) in [6.45, 7) is 13.2. The van der Waals surface area contributed by atoms with Gasteiger partial charge in [0.1, 0.15) is 11.5 Å². The molecule has 3 aliphatic rings. The average Bonchev–Trinajstić information content (AvgIpc) is 3.29. The van der Waals surface area contributed by atoms with Crippen LogP contribution in [-0.2, 0) is 0 Å². The number of nitrogens with zero attached hydrogens (tertiary/aromatic N) is 5. The molecule has 0 bridgehead atoms. The van der Waals surface area contributed by atoms with Crippen molar-refractivity contribution in [1.29, 1.82) is 0 Å². The number of fused-ring (bicyclic) bond motifs is 2. The maximum Gasteiger partial charge on any atom is 0.138 e. The van der Waals surface area contributed by atoms with Gasteiger partial charge in [0.25, 0.3) is 0 Å². The molecular weight excluding hydrogens is 564 g/mol. The summed E-state index contributed by atoms with van der Waals surface area (Å²) in [5, 5.41) is 12.9. The minimum atomic E-state index is 0.215. The summed E-state index contributed by atoms with van der Waals surface area (Å²) in [5.74, 6) is 1.70. The number of allylic oxidation sites excluding steroid dienone is 1. The average molecular weight is 619 g/mol. The summed E-state index contributed by atoms with van der Waals surface area (Å²) >= 11 is 0. The topological polar surface area (TPSA) is 58.9 Å². The molecule has 0 radical (unpaired) electrons. The SMILES string of the molecule is C=C(CC(C)(C)C)NC1CCCCN(c2nc(-c3nn(C4CCCCC4)c4ccc(C5CCCCC5)cc34)cc3ccncc23)C1. The van der Waals surface area contributed by atoms with Crippen LogP contribution in [-0.4, -0.2) is 38.9 Å². The van der Waals surface area contributed by atoms with Crippen molar-refractivity contribution in [3.05, 3.63) is 60.6 Å². The minimum Gasteiger partial charge on any atom is -0.384 e. The van der Waals surface area contributed by atoms with Gasteiger partial charge in [-0.3, -0.25) is 9.67 Å². The van der Waals surface area contributed by atoms with Crippen molar-refractivity contribution >= 4 is 27.5 Å². The Morgan fingerprint density at radius 3 is 2.43 bits per heavy atom. The van der Waals surface area contributed by atoms with Crippen LogP contribution in [0.3, 0.4) is 0 Å². The second kappa shape index (κ2) is 13.4. The van der Waals surface area contributed by atoms with Gasteiger partial charge in [-0.2, -0.15) is 5.10 Å². The molecule has 3 aromatic heterocycles. The predicted molar refractivity (Wildman–Crippen MR) is 192 cm³/mol. The molecule has 1 atom stereocenters. The summed E-state index contributed by atoms with van der Waals surface area (Å²) in [5.41, 5.74) is 6.14. The van der Waals surface area contributed by atoms with Gasteiger partial charge in [-0.05, 0) is 97.9 Å². The molecule has 6 nitrogen and oxygen atoms in total. The van der Waals surface area contributed by atoms with Gasteiger partial charge in [-0.15, -0.1) is 0 Å². The molecule has 0 amide bonds. The lowest BCUT2D eigenvalue weighted by Crippen LogP contribution is -2.40. The highest BCUT2D eigenvalue weighted by Gasteiger charge is 2.27. The molecule has 7 rings (SSSR count). The molecule has 0 spiro atoms. The van der Waals surface area contributed by atoms with E-state index in [9.17, 15) is 0 Å². The van der Waals surface area contributed by atoms with E-state index in [0.29, 0.717) is 18.0 Å². The Labute approximate surface area is 276 Å². The first kappa shape index (κ1) is 31.2. The smallest absolute Gasteiger partial charge is 0.138 e. The Hall–Kier alpha value is -3.41. The fraction of sp³-hybridized carbons (Fsp3) is 0.575. The van der Waals surface area contributed by atoms with Crippen molar-refractivity contribution in [2.45, 2.75) is 129 Å². The molecule has 4 heterocycles. The van der Waals surface area contributed by atoms with Crippen LogP contribution in [0.2, 0.25) is 0 Å². The largest absolute Gasteiger partial charge is 0.384 e. The van der Waals surface area contributed by atoms with E-state index in [1.54, 1.807) is 0 Å². The Balaban J connectivity index is 1.30. The summed E-state index contributed by atoms with van der Waals surface area (Å²) in [4.78, 5) is 12.6. The molecule has 244 valence electrons. The van der Waals surface area contributed by atoms with Gasteiger partial charge < -0.3 is 10.2 Å². The van der Waals surface area contributed by atoms with Crippen LogP contribution in [0.15, 0.2) is 55.0 Å². The van der Waals surface area contributed by atoms with E-state index in [1.165, 1.54) is 92.5 Å². The van der Waals surface area contributed by atoms with Gasteiger partial charge in [0.15, 0.2) is 0 Å². The predicted octanol–water partition coefficient (Wildman–Crippen LogP) is 10.1. The van der Waals surface area contributed by atoms with E-state index in [-0.39, 0.29) is 5.41 Å². The maximum atomic E-state index is 5.52. The zero-order valence-electron chi connectivity index (χ0n) is 28.5. The highest BCUT2D eigenvalue weighted by Crippen LogP contribution is 2.40. The van der Waals surface area contributed by atoms with Crippen molar-refractivity contribution in [3.8, 4) is 11.4 Å². The summed E-state index contributed by atoms with van der Waals surface area (Å²) in [7, 11) is 0. The third kappa shape index (κ3) is 6.82. The lowest BCUT2D eigenvalue weighted by atomic mass is 9.83. The van der Waals surface area contributed by atoms with Gasteiger partial charge in [-0.25, -0.2) is 4.98 Å². The normalized spacial score (nSPS) is 20.7. The van der Waals surface area contributed by atoms with Gasteiger partial charge in [0.05, 0.1) is 17.3 Å². The van der Waals surface area contributed by atoms with Crippen molar-refractivity contribution in [2.24, 2.45) is 5.41 Å². The molecule has 46 heavy (non-hydrogen) atoms. The number of hydrogen-bond acceptors (Lipinski definition) is 5. The van der Waals surface area contributed by atoms with Crippen molar-refractivity contribution < 1.29 is 0 Å². The maximum absolute atomic E-state index is 5.52. The van der Waals surface area contributed by atoms with Gasteiger partial charge in [0, 0.05) is 48.0 Å². The molecule has 2 aliphatic carbocycles. The highest BCUT2D eigenvalue weighted by molar-refractivity contribution is 5.98. The van der Waals surface area contributed by atoms with Crippen LogP contribution in [0.25, 0.3) is 33.1 Å². The third-order valence-electron chi connectivity index (χ3n) is 10.7. The molecule has 1 aromatic carbocycles. The van der Waals surface area contributed by atoms with Crippen molar-refractivity contribution in [1.82, 2.24) is 25.1 Å². The monoisotopic (exact) mass is 618 g/mol. The molecule has 1 aliphatic heterocycles. The first-order valence-corrected chi connectivity index (χ1v) is 18.3. The number of nitrogens with one attached hydrogen (secondary N) is 1. The third-order valence-corrected chi connectivity index (χ3v) is 10.7. The first-order valence-electron chi connectivity index (χ1n) is 18.3. The van der Waals surface area contributed by atoms with Crippen LogP contribution in [0.5, 0.6) is 0 Å². The van der Waals surface area contributed by atoms with E-state index in [4.69, 9.17) is 10.1 Å². The quantitative estimate of drug-likeness (QED) is 0.223. The number of pyridine rings is 2. The van der Waals surface area contributed by atoms with Crippen LogP contribution in [0.4, 0.5) is 5.82 Å². The Kier molecular flexibility index (Phi) is 9.07. The molecule has 1 saturated heterocycles. The van der Waals surface area contributed by atoms with Crippen LogP contribution in [0, 0.1) is 5.41 Å². The molecule has 3 fully saturated rings. The fourth-order valence-corrected chi connectivity index (χ4v) is 8.51. The van der Waals surface area contributed by atoms with Crippen LogP contribution in [0.1, 0.15) is 128 Å². The van der Waals surface area contributed by atoms with E-state index in [1.807, 2.05) is 12.4 Å². The number of anilines is 1. The van der Waals surface area contributed by atoms with Crippen LogP contribution >= 0.6 is 0 Å². The number of benzene rings is 1. The van der Waals surface area contributed by atoms with E-state index in [0.717, 1.165) is 60.6 Å². The fourth-order valence-electron chi connectivity index (χ4n) is 8.51. The molecule has 1 N–H and O–H groups in total. The van der Waals surface area contributed by atoms with Gasteiger partial charge >= 0.3 is 0 Å². The lowest BCUT2D eigenvalue weighted by Gasteiger charge is -2.30. The summed E-state index contributed by atoms with van der Waals surface area (Å²) in [6, 6.07) is 12.5. The zero-order chi connectivity index (χ0) is 31.7. The van der Waals surface area contributed by atoms with Gasteiger partial charge in [-0.1, -0.05) is 71.9 Å². The molecule has 2 saturated carbocycles. The summed E-state index contributed by atoms with van der Waals surface area (Å²) < 4.78 is 2.37. The number of hydrogen-bond donors (Lipinski definition) is 1. The highest BCUT2D eigenvalue weighted by atomic mass is 15.3. The second-order valence-electron chi connectivity index (χ2n) is 15.7. The molecule has 1 unspecified atom stereocenters. The summed E-state index contributed by atoms with van der Waals surface area (Å²) in [6.07, 6.45) is 21.4. The van der Waals surface area contributed by atoms with Crippen molar-refractivity contribution in [3.63, 3.8) is 0 Å². The Morgan fingerprint density at radius 1 is 0.891 bits per heavy atom. The Morgan fingerprint density at radius 2 is 1.65 bits per heavy atom. The lowest BCUT2D eigenvalue weighted by molar-refractivity contribution is 0.337. The van der Waals surface area contributed by atoms with E-state index >= 15 is 0 Å². The second-order valence-corrected chi connectivity index (χ2v) is 15.7. The van der Waals surface area contributed by atoms with E-state index < -0.39 is 0 Å². The zero-order valence-corrected chi connectivity index (χ0v) is 28.5. The molecular formula is C40H54N6. The van der Waals surface area contributed by atoms with Crippen LogP contribution < -0.4 is 10.2 Å².